The van der Waals surface area contributed by atoms with Crippen LogP contribution in [0.2, 0.25) is 0 Å². The summed E-state index contributed by atoms with van der Waals surface area (Å²) in [5, 5.41) is 7.51. The van der Waals surface area contributed by atoms with Crippen LogP contribution in [0.3, 0.4) is 0 Å². The molecule has 1 amide bonds. The van der Waals surface area contributed by atoms with E-state index >= 15 is 0 Å². The van der Waals surface area contributed by atoms with Crippen LogP contribution in [0.1, 0.15) is 27.2 Å². The van der Waals surface area contributed by atoms with Gasteiger partial charge < -0.3 is 10.6 Å². The molecule has 14 heavy (non-hydrogen) atoms. The van der Waals surface area contributed by atoms with Crippen molar-refractivity contribution < 1.29 is 9.59 Å². The second-order valence-corrected chi connectivity index (χ2v) is 4.55. The van der Waals surface area contributed by atoms with Crippen molar-refractivity contribution in [3.8, 4) is 0 Å². The zero-order chi connectivity index (χ0) is 10.8. The standard InChI is InChI=1S/C9H14N2O2S/c1-4-8(13)11-9(3)10-7(5-14-9)6(2)12/h5,10H,4H2,1-3H3,(H,11,13)/t9-/m0/s1. The molecule has 0 fully saturated rings. The van der Waals surface area contributed by atoms with E-state index < -0.39 is 4.99 Å². The fourth-order valence-electron chi connectivity index (χ4n) is 1.08. The van der Waals surface area contributed by atoms with Gasteiger partial charge in [0.15, 0.2) is 10.8 Å². The summed E-state index contributed by atoms with van der Waals surface area (Å²) < 4.78 is 0. The fourth-order valence-corrected chi connectivity index (χ4v) is 2.00. The van der Waals surface area contributed by atoms with Gasteiger partial charge in [-0.1, -0.05) is 18.7 Å². The lowest BCUT2D eigenvalue weighted by Crippen LogP contribution is -2.51. The minimum atomic E-state index is -0.575. The number of amides is 1. The first-order valence-corrected chi connectivity index (χ1v) is 5.33. The van der Waals surface area contributed by atoms with Gasteiger partial charge in [0.1, 0.15) is 0 Å². The van der Waals surface area contributed by atoms with Crippen molar-refractivity contribution in [2.24, 2.45) is 0 Å². The molecular formula is C9H14N2O2S. The lowest BCUT2D eigenvalue weighted by Gasteiger charge is -2.26. The quantitative estimate of drug-likeness (QED) is 0.734. The van der Waals surface area contributed by atoms with Crippen molar-refractivity contribution in [1.29, 1.82) is 0 Å². The Morgan fingerprint density at radius 2 is 2.29 bits per heavy atom. The average Bonchev–Trinajstić information content (AvgIpc) is 2.47. The Labute approximate surface area is 87.5 Å². The van der Waals surface area contributed by atoms with Crippen LogP contribution in [0.5, 0.6) is 0 Å². The molecule has 78 valence electrons. The molecule has 4 nitrogen and oxygen atoms in total. The molecule has 0 aromatic rings. The van der Waals surface area contributed by atoms with Gasteiger partial charge in [0, 0.05) is 18.8 Å². The van der Waals surface area contributed by atoms with Gasteiger partial charge in [-0.05, 0) is 6.92 Å². The molecule has 0 aromatic heterocycles. The molecule has 1 aliphatic rings. The maximum Gasteiger partial charge on any atom is 0.222 e. The first kappa shape index (κ1) is 11.1. The Morgan fingerprint density at radius 3 is 2.71 bits per heavy atom. The molecule has 0 aromatic carbocycles. The summed E-state index contributed by atoms with van der Waals surface area (Å²) >= 11 is 1.40. The molecule has 2 N–H and O–H groups in total. The van der Waals surface area contributed by atoms with Crippen LogP contribution in [-0.2, 0) is 9.59 Å². The van der Waals surface area contributed by atoms with E-state index in [0.717, 1.165) is 0 Å². The summed E-state index contributed by atoms with van der Waals surface area (Å²) in [6.45, 7) is 5.11. The van der Waals surface area contributed by atoms with Crippen LogP contribution in [0.25, 0.3) is 0 Å². The number of rotatable bonds is 3. The van der Waals surface area contributed by atoms with Crippen molar-refractivity contribution in [2.75, 3.05) is 0 Å². The Morgan fingerprint density at radius 1 is 1.64 bits per heavy atom. The summed E-state index contributed by atoms with van der Waals surface area (Å²) in [5.74, 6) is -0.0577. The number of hydrogen-bond donors (Lipinski definition) is 2. The maximum absolute atomic E-state index is 11.2. The summed E-state index contributed by atoms with van der Waals surface area (Å²) in [6, 6.07) is 0. The van der Waals surface area contributed by atoms with Crippen molar-refractivity contribution in [3.63, 3.8) is 0 Å². The van der Waals surface area contributed by atoms with Gasteiger partial charge in [-0.15, -0.1) is 0 Å². The van der Waals surface area contributed by atoms with Crippen LogP contribution in [0.15, 0.2) is 11.1 Å². The second kappa shape index (κ2) is 4.04. The molecule has 0 saturated heterocycles. The Balaban J connectivity index is 2.57. The lowest BCUT2D eigenvalue weighted by molar-refractivity contribution is -0.122. The summed E-state index contributed by atoms with van der Waals surface area (Å²) in [5.41, 5.74) is 0.550. The third kappa shape index (κ3) is 2.51. The minimum absolute atomic E-state index is 0.0213. The molecule has 1 rings (SSSR count). The Hall–Kier alpha value is -0.970. The van der Waals surface area contributed by atoms with Gasteiger partial charge in [-0.3, -0.25) is 9.59 Å². The Bertz CT molecular complexity index is 301. The number of ketones is 1. The van der Waals surface area contributed by atoms with Crippen molar-refractivity contribution in [3.05, 3.63) is 11.1 Å². The smallest absolute Gasteiger partial charge is 0.222 e. The highest BCUT2D eigenvalue weighted by atomic mass is 32.2. The first-order valence-electron chi connectivity index (χ1n) is 4.45. The highest BCUT2D eigenvalue weighted by Gasteiger charge is 2.32. The first-order chi connectivity index (χ1) is 6.47. The maximum atomic E-state index is 11.2. The van der Waals surface area contributed by atoms with Crippen LogP contribution < -0.4 is 10.6 Å². The third-order valence-corrected chi connectivity index (χ3v) is 2.89. The van der Waals surface area contributed by atoms with Crippen LogP contribution in [-0.4, -0.2) is 16.7 Å². The highest BCUT2D eigenvalue weighted by molar-refractivity contribution is 8.03. The van der Waals surface area contributed by atoms with Gasteiger partial charge in [0.2, 0.25) is 5.91 Å². The molecule has 5 heteroatoms. The molecule has 0 bridgehead atoms. The van der Waals surface area contributed by atoms with Gasteiger partial charge in [-0.25, -0.2) is 0 Å². The van der Waals surface area contributed by atoms with Gasteiger partial charge in [-0.2, -0.15) is 0 Å². The topological polar surface area (TPSA) is 58.2 Å². The van der Waals surface area contributed by atoms with Gasteiger partial charge in [0.05, 0.1) is 5.70 Å². The van der Waals surface area contributed by atoms with E-state index in [1.165, 1.54) is 18.7 Å². The number of hydrogen-bond acceptors (Lipinski definition) is 4. The summed E-state index contributed by atoms with van der Waals surface area (Å²) in [6.07, 6.45) is 0.438. The number of allylic oxidation sites excluding steroid dienone is 1. The Kier molecular flexibility index (Phi) is 3.21. The molecule has 1 heterocycles. The van der Waals surface area contributed by atoms with E-state index in [9.17, 15) is 9.59 Å². The largest absolute Gasteiger partial charge is 0.351 e. The van der Waals surface area contributed by atoms with Crippen molar-refractivity contribution in [1.82, 2.24) is 10.6 Å². The third-order valence-electron chi connectivity index (χ3n) is 1.86. The fraction of sp³-hybridized carbons (Fsp3) is 0.556. The van der Waals surface area contributed by atoms with E-state index in [0.29, 0.717) is 12.1 Å². The molecule has 1 aliphatic heterocycles. The molecule has 1 atom stereocenters. The number of carbonyl (C=O) groups excluding carboxylic acids is 2. The van der Waals surface area contributed by atoms with E-state index in [1.807, 2.05) is 6.92 Å². The zero-order valence-corrected chi connectivity index (χ0v) is 9.33. The number of nitrogens with one attached hydrogen (secondary N) is 2. The lowest BCUT2D eigenvalue weighted by atomic mass is 10.3. The molecular weight excluding hydrogens is 200 g/mol. The van der Waals surface area contributed by atoms with Crippen molar-refractivity contribution >= 4 is 23.5 Å². The molecule has 0 unspecified atom stereocenters. The highest BCUT2D eigenvalue weighted by Crippen LogP contribution is 2.29. The van der Waals surface area contributed by atoms with Crippen LogP contribution in [0, 0.1) is 0 Å². The van der Waals surface area contributed by atoms with E-state index in [1.54, 1.807) is 12.3 Å². The van der Waals surface area contributed by atoms with Gasteiger partial charge in [0.25, 0.3) is 0 Å². The average molecular weight is 214 g/mol. The molecule has 0 saturated carbocycles. The summed E-state index contributed by atoms with van der Waals surface area (Å²) in [4.78, 5) is 21.6. The monoisotopic (exact) mass is 214 g/mol. The predicted molar refractivity (Wildman–Crippen MR) is 56.3 cm³/mol. The van der Waals surface area contributed by atoms with Crippen molar-refractivity contribution in [2.45, 2.75) is 32.2 Å². The SMILES string of the molecule is CCC(=O)N[C@]1(C)NC(C(C)=O)=CS1. The molecule has 0 spiro atoms. The van der Waals surface area contributed by atoms with Gasteiger partial charge >= 0.3 is 0 Å². The number of thioether (sulfide) groups is 1. The second-order valence-electron chi connectivity index (χ2n) is 3.27. The minimum Gasteiger partial charge on any atom is -0.351 e. The normalized spacial score (nSPS) is 25.2. The number of carbonyl (C=O) groups is 2. The van der Waals surface area contributed by atoms with E-state index in [4.69, 9.17) is 0 Å². The molecule has 0 aliphatic carbocycles. The number of Topliss-reactive ketones (excluding diaryl/α,β-unsaturated/α-hetero) is 1. The van der Waals surface area contributed by atoms with Crippen LogP contribution >= 0.6 is 11.8 Å². The zero-order valence-electron chi connectivity index (χ0n) is 8.51. The van der Waals surface area contributed by atoms with E-state index in [-0.39, 0.29) is 11.7 Å². The predicted octanol–water partition coefficient (Wildman–Crippen LogP) is 0.953. The summed E-state index contributed by atoms with van der Waals surface area (Å²) in [7, 11) is 0. The molecule has 0 radical (unpaired) electrons. The van der Waals surface area contributed by atoms with E-state index in [2.05, 4.69) is 10.6 Å². The van der Waals surface area contributed by atoms with Crippen LogP contribution in [0.4, 0.5) is 0 Å².